The summed E-state index contributed by atoms with van der Waals surface area (Å²) in [6.07, 6.45) is 0.777. The van der Waals surface area contributed by atoms with E-state index in [4.69, 9.17) is 0 Å². The van der Waals surface area contributed by atoms with Gasteiger partial charge in [0.15, 0.2) is 0 Å². The van der Waals surface area contributed by atoms with Gasteiger partial charge in [0.2, 0.25) is 5.91 Å². The monoisotopic (exact) mass is 288 g/mol. The molecule has 3 nitrogen and oxygen atoms in total. The molecule has 2 aromatic rings. The van der Waals surface area contributed by atoms with Crippen molar-refractivity contribution in [3.8, 4) is 11.3 Å². The first kappa shape index (κ1) is 14.7. The molecule has 0 saturated heterocycles. The van der Waals surface area contributed by atoms with Crippen molar-refractivity contribution in [1.82, 2.24) is 10.3 Å². The van der Waals surface area contributed by atoms with E-state index in [9.17, 15) is 4.79 Å². The number of rotatable bonds is 4. The Morgan fingerprint density at radius 3 is 2.60 bits per heavy atom. The molecule has 1 aromatic carbocycles. The Balaban J connectivity index is 1.90. The SMILES string of the molecule is CC(C)(C)C(=O)NCCc1nc(-c2ccccc2)cs1. The van der Waals surface area contributed by atoms with E-state index < -0.39 is 0 Å². The van der Waals surface area contributed by atoms with Crippen molar-refractivity contribution < 1.29 is 4.79 Å². The average molecular weight is 288 g/mol. The van der Waals surface area contributed by atoms with Crippen molar-refractivity contribution >= 4 is 17.2 Å². The average Bonchev–Trinajstić information content (AvgIpc) is 2.87. The summed E-state index contributed by atoms with van der Waals surface area (Å²) >= 11 is 1.64. The highest BCUT2D eigenvalue weighted by atomic mass is 32.1. The molecule has 0 atom stereocenters. The zero-order valence-corrected chi connectivity index (χ0v) is 13.0. The van der Waals surface area contributed by atoms with Crippen molar-refractivity contribution in [2.75, 3.05) is 6.54 Å². The fourth-order valence-corrected chi connectivity index (χ4v) is 2.52. The van der Waals surface area contributed by atoms with Crippen LogP contribution in [0.15, 0.2) is 35.7 Å². The van der Waals surface area contributed by atoms with E-state index in [1.165, 1.54) is 0 Å². The van der Waals surface area contributed by atoms with Gasteiger partial charge in [0.05, 0.1) is 10.7 Å². The quantitative estimate of drug-likeness (QED) is 0.935. The smallest absolute Gasteiger partial charge is 0.225 e. The number of carbonyl (C=O) groups excluding carboxylic acids is 1. The van der Waals surface area contributed by atoms with Crippen LogP contribution in [0.1, 0.15) is 25.8 Å². The Bertz CT molecular complexity index is 570. The molecule has 4 heteroatoms. The summed E-state index contributed by atoms with van der Waals surface area (Å²) in [5.41, 5.74) is 1.81. The van der Waals surface area contributed by atoms with Crippen molar-refractivity contribution in [1.29, 1.82) is 0 Å². The van der Waals surface area contributed by atoms with Gasteiger partial charge in [-0.15, -0.1) is 11.3 Å². The third-order valence-corrected chi connectivity index (χ3v) is 3.84. The third kappa shape index (κ3) is 3.90. The van der Waals surface area contributed by atoms with Crippen LogP contribution in [0, 0.1) is 5.41 Å². The zero-order chi connectivity index (χ0) is 14.6. The van der Waals surface area contributed by atoms with Crippen LogP contribution >= 0.6 is 11.3 Å². The van der Waals surface area contributed by atoms with E-state index in [1.54, 1.807) is 11.3 Å². The molecule has 0 aliphatic carbocycles. The predicted octanol–water partition coefficient (Wildman–Crippen LogP) is 3.51. The second kappa shape index (κ2) is 6.18. The molecule has 1 heterocycles. The molecule has 0 radical (unpaired) electrons. The molecule has 106 valence electrons. The highest BCUT2D eigenvalue weighted by molar-refractivity contribution is 7.09. The van der Waals surface area contributed by atoms with Gasteiger partial charge in [0.1, 0.15) is 0 Å². The molecule has 1 aromatic heterocycles. The minimum Gasteiger partial charge on any atom is -0.355 e. The number of benzene rings is 1. The van der Waals surface area contributed by atoms with Gasteiger partial charge in [0, 0.05) is 29.3 Å². The number of hydrogen-bond donors (Lipinski definition) is 1. The fraction of sp³-hybridized carbons (Fsp3) is 0.375. The summed E-state index contributed by atoms with van der Waals surface area (Å²) in [5.74, 6) is 0.0809. The highest BCUT2D eigenvalue weighted by Crippen LogP contribution is 2.21. The van der Waals surface area contributed by atoms with E-state index in [-0.39, 0.29) is 11.3 Å². The first-order chi connectivity index (χ1) is 9.47. The number of nitrogens with one attached hydrogen (secondary N) is 1. The zero-order valence-electron chi connectivity index (χ0n) is 12.1. The Labute approximate surface area is 124 Å². The summed E-state index contributed by atoms with van der Waals surface area (Å²) in [7, 11) is 0. The van der Waals surface area contributed by atoms with Gasteiger partial charge in [-0.1, -0.05) is 51.1 Å². The topological polar surface area (TPSA) is 42.0 Å². The number of carbonyl (C=O) groups is 1. The lowest BCUT2D eigenvalue weighted by atomic mass is 9.96. The van der Waals surface area contributed by atoms with Crippen molar-refractivity contribution in [3.63, 3.8) is 0 Å². The molecule has 0 fully saturated rings. The van der Waals surface area contributed by atoms with Gasteiger partial charge in [-0.3, -0.25) is 4.79 Å². The molecule has 0 bridgehead atoms. The standard InChI is InChI=1S/C16H20N2OS/c1-16(2,3)15(19)17-10-9-14-18-13(11-20-14)12-7-5-4-6-8-12/h4-8,11H,9-10H2,1-3H3,(H,17,19). The van der Waals surface area contributed by atoms with E-state index in [2.05, 4.69) is 27.8 Å². The van der Waals surface area contributed by atoms with Crippen LogP contribution < -0.4 is 5.32 Å². The van der Waals surface area contributed by atoms with Crippen LogP contribution in [0.2, 0.25) is 0 Å². The van der Waals surface area contributed by atoms with E-state index in [1.807, 2.05) is 39.0 Å². The van der Waals surface area contributed by atoms with Crippen LogP contribution in [0.5, 0.6) is 0 Å². The maximum atomic E-state index is 11.8. The van der Waals surface area contributed by atoms with Crippen molar-refractivity contribution in [2.45, 2.75) is 27.2 Å². The summed E-state index contributed by atoms with van der Waals surface area (Å²) < 4.78 is 0. The van der Waals surface area contributed by atoms with Crippen molar-refractivity contribution in [2.24, 2.45) is 5.41 Å². The maximum Gasteiger partial charge on any atom is 0.225 e. The Hall–Kier alpha value is -1.68. The lowest BCUT2D eigenvalue weighted by Gasteiger charge is -2.17. The number of nitrogens with zero attached hydrogens (tertiary/aromatic N) is 1. The van der Waals surface area contributed by atoms with Gasteiger partial charge in [-0.05, 0) is 0 Å². The van der Waals surface area contributed by atoms with Crippen molar-refractivity contribution in [3.05, 3.63) is 40.7 Å². The van der Waals surface area contributed by atoms with Crippen LogP contribution in [0.25, 0.3) is 11.3 Å². The Morgan fingerprint density at radius 2 is 1.95 bits per heavy atom. The van der Waals surface area contributed by atoms with E-state index in [0.717, 1.165) is 22.7 Å². The minimum atomic E-state index is -0.335. The molecule has 1 amide bonds. The van der Waals surface area contributed by atoms with Crippen LogP contribution in [-0.4, -0.2) is 17.4 Å². The van der Waals surface area contributed by atoms with Gasteiger partial charge in [-0.25, -0.2) is 4.98 Å². The molecule has 2 rings (SSSR count). The Morgan fingerprint density at radius 1 is 1.25 bits per heavy atom. The second-order valence-electron chi connectivity index (χ2n) is 5.75. The molecule has 0 saturated carbocycles. The van der Waals surface area contributed by atoms with E-state index >= 15 is 0 Å². The molecule has 0 unspecified atom stereocenters. The summed E-state index contributed by atoms with van der Waals surface area (Å²) in [5, 5.41) is 6.07. The summed E-state index contributed by atoms with van der Waals surface area (Å²) in [6, 6.07) is 10.1. The van der Waals surface area contributed by atoms with Gasteiger partial charge in [0.25, 0.3) is 0 Å². The summed E-state index contributed by atoms with van der Waals surface area (Å²) in [6.45, 7) is 6.38. The second-order valence-corrected chi connectivity index (χ2v) is 6.69. The molecule has 0 aliphatic rings. The lowest BCUT2D eigenvalue weighted by molar-refractivity contribution is -0.128. The molecule has 0 spiro atoms. The van der Waals surface area contributed by atoms with Gasteiger partial charge >= 0.3 is 0 Å². The summed E-state index contributed by atoms with van der Waals surface area (Å²) in [4.78, 5) is 16.4. The van der Waals surface area contributed by atoms with Gasteiger partial charge < -0.3 is 5.32 Å². The number of thiazole rings is 1. The largest absolute Gasteiger partial charge is 0.355 e. The minimum absolute atomic E-state index is 0.0809. The fourth-order valence-electron chi connectivity index (χ4n) is 1.72. The molecule has 1 N–H and O–H groups in total. The number of amides is 1. The normalized spacial score (nSPS) is 11.3. The molecule has 0 aliphatic heterocycles. The predicted molar refractivity (Wildman–Crippen MR) is 83.7 cm³/mol. The number of aromatic nitrogens is 1. The Kier molecular flexibility index (Phi) is 4.55. The first-order valence-electron chi connectivity index (χ1n) is 6.75. The molecular weight excluding hydrogens is 268 g/mol. The highest BCUT2D eigenvalue weighted by Gasteiger charge is 2.20. The van der Waals surface area contributed by atoms with Crippen LogP contribution in [0.3, 0.4) is 0 Å². The van der Waals surface area contributed by atoms with Gasteiger partial charge in [-0.2, -0.15) is 0 Å². The maximum absolute atomic E-state index is 11.8. The first-order valence-corrected chi connectivity index (χ1v) is 7.63. The van der Waals surface area contributed by atoms with Crippen LogP contribution in [-0.2, 0) is 11.2 Å². The van der Waals surface area contributed by atoms with Crippen LogP contribution in [0.4, 0.5) is 0 Å². The molecular formula is C16H20N2OS. The lowest BCUT2D eigenvalue weighted by Crippen LogP contribution is -2.35. The number of hydrogen-bond acceptors (Lipinski definition) is 3. The molecule has 20 heavy (non-hydrogen) atoms. The third-order valence-electron chi connectivity index (χ3n) is 2.93. The van der Waals surface area contributed by atoms with E-state index in [0.29, 0.717) is 6.54 Å².